The molecule has 11 rings (SSSR count). The molecule has 0 atom stereocenters. The van der Waals surface area contributed by atoms with E-state index in [0.717, 1.165) is 56.0 Å². The lowest BCUT2D eigenvalue weighted by Gasteiger charge is -2.13. The molecule has 4 nitrogen and oxygen atoms in total. The second-order valence-corrected chi connectivity index (χ2v) is 14.2. The van der Waals surface area contributed by atoms with E-state index < -0.39 is 0 Å². The molecule has 0 unspecified atom stereocenters. The van der Waals surface area contributed by atoms with Crippen LogP contribution >= 0.6 is 0 Å². The summed E-state index contributed by atoms with van der Waals surface area (Å²) in [6.45, 7) is 0. The Morgan fingerprint density at radius 1 is 0.339 bits per heavy atom. The first kappa shape index (κ1) is 31.9. The quantitative estimate of drug-likeness (QED) is 0.172. The molecule has 0 saturated carbocycles. The summed E-state index contributed by atoms with van der Waals surface area (Å²) in [6, 6.07) is 71.2. The molecule has 56 heavy (non-hydrogen) atoms. The van der Waals surface area contributed by atoms with Crippen molar-refractivity contribution >= 4 is 43.7 Å². The Morgan fingerprint density at radius 2 is 0.929 bits per heavy atom. The van der Waals surface area contributed by atoms with E-state index in [0.29, 0.717) is 0 Å². The van der Waals surface area contributed by atoms with Crippen LogP contribution in [0.5, 0.6) is 0 Å². The number of fused-ring (bicyclic) bond motifs is 6. The van der Waals surface area contributed by atoms with Crippen LogP contribution in [0.2, 0.25) is 0 Å². The molecule has 0 bridgehead atoms. The summed E-state index contributed by atoms with van der Waals surface area (Å²) in [4.78, 5) is 10.1. The number of nitrogens with zero attached hydrogens (tertiary/aromatic N) is 4. The standard InChI is InChI=1S/C52H34N4/c1-4-14-35(15-5-1)39-33-47(36-16-6-2-7-17-36)54-48(34-39)37-25-28-41(29-26-37)56-50-30-27-38(32-46(50)45-23-13-31-53-52(45)56)42-21-12-22-44-43-20-10-11-24-49(43)55(51(42)44)40-18-8-3-9-19-40/h1-34H. The summed E-state index contributed by atoms with van der Waals surface area (Å²) in [5.74, 6) is 0. The van der Waals surface area contributed by atoms with Crippen LogP contribution in [-0.2, 0) is 0 Å². The van der Waals surface area contributed by atoms with E-state index in [-0.39, 0.29) is 0 Å². The van der Waals surface area contributed by atoms with E-state index >= 15 is 0 Å². The summed E-state index contributed by atoms with van der Waals surface area (Å²) >= 11 is 0. The van der Waals surface area contributed by atoms with Gasteiger partial charge in [0.1, 0.15) is 5.65 Å². The molecular formula is C52H34N4. The zero-order valence-corrected chi connectivity index (χ0v) is 30.4. The number of aromatic nitrogens is 4. The predicted molar refractivity (Wildman–Crippen MR) is 232 cm³/mol. The third-order valence-corrected chi connectivity index (χ3v) is 11.0. The van der Waals surface area contributed by atoms with Crippen molar-refractivity contribution in [2.24, 2.45) is 0 Å². The lowest BCUT2D eigenvalue weighted by molar-refractivity contribution is 1.14. The molecule has 0 saturated heterocycles. The highest BCUT2D eigenvalue weighted by Crippen LogP contribution is 2.41. The molecule has 4 aromatic heterocycles. The largest absolute Gasteiger partial charge is 0.309 e. The number of hydrogen-bond donors (Lipinski definition) is 0. The van der Waals surface area contributed by atoms with Crippen LogP contribution in [0.25, 0.3) is 99.9 Å². The van der Waals surface area contributed by atoms with Crippen molar-refractivity contribution in [1.82, 2.24) is 19.1 Å². The average molecular weight is 715 g/mol. The van der Waals surface area contributed by atoms with Crippen LogP contribution < -0.4 is 0 Å². The van der Waals surface area contributed by atoms with Crippen LogP contribution in [0.3, 0.4) is 0 Å². The van der Waals surface area contributed by atoms with Crippen LogP contribution in [0.15, 0.2) is 206 Å². The highest BCUT2D eigenvalue weighted by Gasteiger charge is 2.19. The van der Waals surface area contributed by atoms with Gasteiger partial charge in [0, 0.05) is 55.8 Å². The fourth-order valence-electron chi connectivity index (χ4n) is 8.39. The maximum absolute atomic E-state index is 5.17. The van der Waals surface area contributed by atoms with Crippen molar-refractivity contribution in [3.05, 3.63) is 206 Å². The van der Waals surface area contributed by atoms with Crippen molar-refractivity contribution in [2.45, 2.75) is 0 Å². The van der Waals surface area contributed by atoms with Gasteiger partial charge in [0.2, 0.25) is 0 Å². The molecule has 0 spiro atoms. The summed E-state index contributed by atoms with van der Waals surface area (Å²) < 4.78 is 4.69. The van der Waals surface area contributed by atoms with E-state index in [4.69, 9.17) is 9.97 Å². The molecule has 0 radical (unpaired) electrons. The lowest BCUT2D eigenvalue weighted by Crippen LogP contribution is -1.96. The molecule has 4 heterocycles. The maximum atomic E-state index is 5.17. The monoisotopic (exact) mass is 714 g/mol. The van der Waals surface area contributed by atoms with Crippen LogP contribution in [0.4, 0.5) is 0 Å². The van der Waals surface area contributed by atoms with Gasteiger partial charge in [-0.25, -0.2) is 9.97 Å². The number of benzene rings is 7. The highest BCUT2D eigenvalue weighted by molar-refractivity contribution is 6.15. The van der Waals surface area contributed by atoms with Crippen molar-refractivity contribution in [3.8, 4) is 56.1 Å². The van der Waals surface area contributed by atoms with Gasteiger partial charge in [-0.2, -0.15) is 0 Å². The van der Waals surface area contributed by atoms with Gasteiger partial charge >= 0.3 is 0 Å². The van der Waals surface area contributed by atoms with E-state index in [1.807, 2.05) is 18.3 Å². The molecule has 262 valence electrons. The van der Waals surface area contributed by atoms with Crippen molar-refractivity contribution in [3.63, 3.8) is 0 Å². The second-order valence-electron chi connectivity index (χ2n) is 14.2. The molecule has 0 fully saturated rings. The first-order chi connectivity index (χ1) is 27.8. The molecule has 0 aliphatic rings. The van der Waals surface area contributed by atoms with E-state index in [2.05, 4.69) is 197 Å². The number of rotatable bonds is 6. The summed E-state index contributed by atoms with van der Waals surface area (Å²) in [7, 11) is 0. The van der Waals surface area contributed by atoms with E-state index in [1.165, 1.54) is 43.9 Å². The maximum Gasteiger partial charge on any atom is 0.145 e. The fraction of sp³-hybridized carbons (Fsp3) is 0. The SMILES string of the molecule is c1ccc(-c2cc(-c3ccccc3)nc(-c3ccc(-n4c5ccc(-c6cccc7c8ccccc8n(-c8ccccc8)c67)cc5c5cccnc54)cc3)c2)cc1. The molecular weight excluding hydrogens is 681 g/mol. The highest BCUT2D eigenvalue weighted by atomic mass is 15.0. The molecule has 0 aliphatic heterocycles. The van der Waals surface area contributed by atoms with Gasteiger partial charge in [0.15, 0.2) is 0 Å². The number of pyridine rings is 2. The van der Waals surface area contributed by atoms with E-state index in [1.54, 1.807) is 0 Å². The Kier molecular flexibility index (Phi) is 7.46. The van der Waals surface area contributed by atoms with Gasteiger partial charge in [-0.3, -0.25) is 4.57 Å². The summed E-state index contributed by atoms with van der Waals surface area (Å²) in [5.41, 5.74) is 15.3. The van der Waals surface area contributed by atoms with Crippen molar-refractivity contribution in [2.75, 3.05) is 0 Å². The molecule has 4 heteroatoms. The summed E-state index contributed by atoms with van der Waals surface area (Å²) in [6.07, 6.45) is 1.89. The second kappa shape index (κ2) is 13.1. The van der Waals surface area contributed by atoms with Crippen LogP contribution in [0, 0.1) is 0 Å². The number of para-hydroxylation sites is 3. The molecule has 0 aliphatic carbocycles. The normalized spacial score (nSPS) is 11.6. The van der Waals surface area contributed by atoms with Gasteiger partial charge in [0.05, 0.1) is 27.9 Å². The zero-order chi connectivity index (χ0) is 37.0. The molecule has 11 aromatic rings. The average Bonchev–Trinajstić information content (AvgIpc) is 3.80. The first-order valence-corrected chi connectivity index (χ1v) is 19.0. The van der Waals surface area contributed by atoms with Gasteiger partial charge in [-0.15, -0.1) is 0 Å². The van der Waals surface area contributed by atoms with Gasteiger partial charge in [-0.05, 0) is 83.4 Å². The Hall–Kier alpha value is -7.56. The first-order valence-electron chi connectivity index (χ1n) is 19.0. The van der Waals surface area contributed by atoms with Crippen LogP contribution in [0.1, 0.15) is 0 Å². The van der Waals surface area contributed by atoms with Crippen molar-refractivity contribution < 1.29 is 0 Å². The Balaban J connectivity index is 1.05. The fourth-order valence-corrected chi connectivity index (χ4v) is 8.39. The van der Waals surface area contributed by atoms with Gasteiger partial charge in [-0.1, -0.05) is 133 Å². The smallest absolute Gasteiger partial charge is 0.145 e. The minimum absolute atomic E-state index is 0.930. The lowest BCUT2D eigenvalue weighted by atomic mass is 10.00. The predicted octanol–water partition coefficient (Wildman–Crippen LogP) is 13.3. The molecule has 0 N–H and O–H groups in total. The minimum Gasteiger partial charge on any atom is -0.309 e. The van der Waals surface area contributed by atoms with Gasteiger partial charge in [0.25, 0.3) is 0 Å². The Morgan fingerprint density at radius 3 is 1.70 bits per heavy atom. The summed E-state index contributed by atoms with van der Waals surface area (Å²) in [5, 5.41) is 4.77. The third kappa shape index (κ3) is 5.23. The minimum atomic E-state index is 0.930. The third-order valence-electron chi connectivity index (χ3n) is 11.0. The topological polar surface area (TPSA) is 35.6 Å². The van der Waals surface area contributed by atoms with Crippen molar-refractivity contribution in [1.29, 1.82) is 0 Å². The van der Waals surface area contributed by atoms with Crippen LogP contribution in [-0.4, -0.2) is 19.1 Å². The van der Waals surface area contributed by atoms with E-state index in [9.17, 15) is 0 Å². The molecule has 7 aromatic carbocycles. The Labute approximate surface area is 324 Å². The Bertz CT molecular complexity index is 3160. The molecule has 0 amide bonds. The van der Waals surface area contributed by atoms with Gasteiger partial charge < -0.3 is 4.57 Å². The number of hydrogen-bond acceptors (Lipinski definition) is 2. The zero-order valence-electron chi connectivity index (χ0n) is 30.4.